The number of hydrogen-bond acceptors (Lipinski definition) is 4. The molecule has 2 heterocycles. The van der Waals surface area contributed by atoms with Crippen molar-refractivity contribution in [1.82, 2.24) is 9.80 Å². The van der Waals surface area contributed by atoms with Gasteiger partial charge < -0.3 is 15.1 Å². The fourth-order valence-corrected chi connectivity index (χ4v) is 7.51. The molecule has 0 radical (unpaired) electrons. The largest absolute Gasteiger partial charge is 0.480 e. The average Bonchev–Trinajstić information content (AvgIpc) is 3.35. The molecule has 2 aliphatic heterocycles. The van der Waals surface area contributed by atoms with Crippen molar-refractivity contribution in [1.29, 1.82) is 0 Å². The Bertz CT molecular complexity index is 1050. The molecule has 0 spiro atoms. The van der Waals surface area contributed by atoms with Crippen LogP contribution in [-0.4, -0.2) is 70.3 Å². The fraction of sp³-hybridized carbons (Fsp3) is 0.606. The van der Waals surface area contributed by atoms with Gasteiger partial charge in [0.1, 0.15) is 11.9 Å². The molecule has 2 aromatic carbocycles. The predicted molar refractivity (Wildman–Crippen MR) is 152 cm³/mol. The summed E-state index contributed by atoms with van der Waals surface area (Å²) in [5.74, 6) is 0.0946. The Labute approximate surface area is 233 Å². The lowest BCUT2D eigenvalue weighted by atomic mass is 9.83. The maximum absolute atomic E-state index is 13.2. The molecule has 2 aromatic rings. The minimum Gasteiger partial charge on any atom is -0.480 e. The Kier molecular flexibility index (Phi) is 9.36. The third-order valence-electron chi connectivity index (χ3n) is 9.74. The Balaban J connectivity index is 1.19. The van der Waals surface area contributed by atoms with Crippen molar-refractivity contribution in [3.63, 3.8) is 0 Å². The maximum Gasteiger partial charge on any atom is 0.321 e. The van der Waals surface area contributed by atoms with Crippen LogP contribution in [0.1, 0.15) is 74.8 Å². The molecule has 3 aliphatic rings. The number of halogens is 1. The second kappa shape index (κ2) is 12.9. The molecule has 1 aliphatic carbocycles. The van der Waals surface area contributed by atoms with E-state index in [0.29, 0.717) is 11.8 Å². The summed E-state index contributed by atoms with van der Waals surface area (Å²) in [6, 6.07) is 16.9. The molecule has 3 fully saturated rings. The number of aliphatic carboxylic acids is 1. The highest BCUT2D eigenvalue weighted by Crippen LogP contribution is 2.39. The van der Waals surface area contributed by atoms with Crippen LogP contribution in [0.3, 0.4) is 0 Å². The van der Waals surface area contributed by atoms with E-state index in [1.807, 2.05) is 12.1 Å². The van der Waals surface area contributed by atoms with Gasteiger partial charge in [0.15, 0.2) is 0 Å². The van der Waals surface area contributed by atoms with Crippen molar-refractivity contribution in [3.05, 3.63) is 71.5 Å². The molecular weight excluding hydrogens is 491 g/mol. The number of carboxylic acid groups (broad SMARTS) is 1. The Morgan fingerprint density at radius 3 is 2.33 bits per heavy atom. The van der Waals surface area contributed by atoms with E-state index in [-0.39, 0.29) is 17.8 Å². The van der Waals surface area contributed by atoms with E-state index in [1.54, 1.807) is 0 Å². The van der Waals surface area contributed by atoms with Crippen LogP contribution < -0.4 is 0 Å². The van der Waals surface area contributed by atoms with E-state index >= 15 is 0 Å². The summed E-state index contributed by atoms with van der Waals surface area (Å²) < 4.78 is 13.2. The highest BCUT2D eigenvalue weighted by Gasteiger charge is 2.43. The highest BCUT2D eigenvalue weighted by atomic mass is 19.1. The van der Waals surface area contributed by atoms with Crippen LogP contribution in [0, 0.1) is 17.7 Å². The summed E-state index contributed by atoms with van der Waals surface area (Å²) in [6.07, 6.45) is 9.63. The summed E-state index contributed by atoms with van der Waals surface area (Å²) in [4.78, 5) is 17.3. The van der Waals surface area contributed by atoms with Crippen LogP contribution >= 0.6 is 0 Å². The Morgan fingerprint density at radius 1 is 0.974 bits per heavy atom. The number of rotatable bonds is 10. The van der Waals surface area contributed by atoms with Gasteiger partial charge >= 0.3 is 5.97 Å². The van der Waals surface area contributed by atoms with E-state index < -0.39 is 11.6 Å². The first-order valence-corrected chi connectivity index (χ1v) is 15.1. The lowest BCUT2D eigenvalue weighted by Gasteiger charge is -2.40. The van der Waals surface area contributed by atoms with Gasteiger partial charge in [-0.2, -0.15) is 0 Å². The van der Waals surface area contributed by atoms with Crippen LogP contribution in [0.25, 0.3) is 0 Å². The van der Waals surface area contributed by atoms with Crippen molar-refractivity contribution in [2.75, 3.05) is 32.7 Å². The molecule has 6 heteroatoms. The smallest absolute Gasteiger partial charge is 0.321 e. The Morgan fingerprint density at radius 2 is 1.67 bits per heavy atom. The van der Waals surface area contributed by atoms with Crippen molar-refractivity contribution in [2.24, 2.45) is 11.8 Å². The zero-order chi connectivity index (χ0) is 27.2. The molecule has 0 bridgehead atoms. The summed E-state index contributed by atoms with van der Waals surface area (Å²) in [5, 5.41) is 21.5. The minimum absolute atomic E-state index is 0.211. The van der Waals surface area contributed by atoms with Crippen molar-refractivity contribution in [2.45, 2.75) is 81.8 Å². The molecule has 2 N–H and O–H groups in total. The minimum atomic E-state index is -0.655. The third kappa shape index (κ3) is 7.27. The quantitative estimate of drug-likeness (QED) is 0.406. The molecular formula is C33H45FN2O3. The number of aryl methyl sites for hydroxylation is 1. The molecule has 5 rings (SSSR count). The number of nitrogens with zero attached hydrogens (tertiary/aromatic N) is 2. The van der Waals surface area contributed by atoms with Gasteiger partial charge in [0.05, 0.1) is 5.60 Å². The third-order valence-corrected chi connectivity index (χ3v) is 9.74. The first-order chi connectivity index (χ1) is 18.9. The van der Waals surface area contributed by atoms with Gasteiger partial charge in [0.25, 0.3) is 0 Å². The number of likely N-dealkylation sites (tertiary alicyclic amines) is 2. The normalized spacial score (nSPS) is 25.5. The first-order valence-electron chi connectivity index (χ1n) is 15.1. The van der Waals surface area contributed by atoms with Gasteiger partial charge in [-0.25, -0.2) is 4.39 Å². The van der Waals surface area contributed by atoms with Crippen LogP contribution in [-0.2, 0) is 11.2 Å². The van der Waals surface area contributed by atoms with Gasteiger partial charge in [-0.05, 0) is 80.0 Å². The monoisotopic (exact) mass is 536 g/mol. The number of piperidine rings is 1. The lowest BCUT2D eigenvalue weighted by Crippen LogP contribution is -2.47. The number of benzene rings is 2. The van der Waals surface area contributed by atoms with Gasteiger partial charge in [0, 0.05) is 38.6 Å². The van der Waals surface area contributed by atoms with Gasteiger partial charge in [-0.1, -0.05) is 61.7 Å². The van der Waals surface area contributed by atoms with Crippen molar-refractivity contribution < 1.29 is 19.4 Å². The summed E-state index contributed by atoms with van der Waals surface area (Å²) in [5.41, 5.74) is 1.79. The van der Waals surface area contributed by atoms with E-state index in [4.69, 9.17) is 0 Å². The number of aliphatic hydroxyl groups is 1. The zero-order valence-electron chi connectivity index (χ0n) is 23.2. The lowest BCUT2D eigenvalue weighted by molar-refractivity contribution is -0.145. The number of carbonyl (C=O) groups is 1. The van der Waals surface area contributed by atoms with Crippen LogP contribution in [0.2, 0.25) is 0 Å². The summed E-state index contributed by atoms with van der Waals surface area (Å²) in [6.45, 7) is 4.32. The van der Waals surface area contributed by atoms with Crippen molar-refractivity contribution >= 4 is 5.97 Å². The molecule has 39 heavy (non-hydrogen) atoms. The van der Waals surface area contributed by atoms with Crippen LogP contribution in [0.15, 0.2) is 54.6 Å². The molecule has 3 atom stereocenters. The van der Waals surface area contributed by atoms with Gasteiger partial charge in [0.2, 0.25) is 0 Å². The second-order valence-corrected chi connectivity index (χ2v) is 12.4. The van der Waals surface area contributed by atoms with Gasteiger partial charge in [-0.3, -0.25) is 9.69 Å². The fourth-order valence-electron chi connectivity index (χ4n) is 7.51. The topological polar surface area (TPSA) is 64.0 Å². The van der Waals surface area contributed by atoms with E-state index in [9.17, 15) is 19.4 Å². The predicted octanol–water partition coefficient (Wildman–Crippen LogP) is 5.72. The van der Waals surface area contributed by atoms with E-state index in [1.165, 1.54) is 24.1 Å². The zero-order valence-corrected chi connectivity index (χ0v) is 23.2. The SMILES string of the molecule is O=C(O)[C@@H](C1CCCCC1)N1CC(CN2CCC(O)(CCCc3ccc(F)cc3)CC2)[C@@H](c2ccccc2)C1. The second-order valence-electron chi connectivity index (χ2n) is 12.4. The summed E-state index contributed by atoms with van der Waals surface area (Å²) >= 11 is 0. The molecule has 5 nitrogen and oxygen atoms in total. The highest BCUT2D eigenvalue weighted by molar-refractivity contribution is 5.74. The van der Waals surface area contributed by atoms with Crippen LogP contribution in [0.4, 0.5) is 4.39 Å². The van der Waals surface area contributed by atoms with Gasteiger partial charge in [-0.15, -0.1) is 0 Å². The van der Waals surface area contributed by atoms with Crippen molar-refractivity contribution in [3.8, 4) is 0 Å². The first kappa shape index (κ1) is 28.3. The molecule has 212 valence electrons. The molecule has 1 saturated carbocycles. The number of carboxylic acids is 1. The maximum atomic E-state index is 13.2. The number of hydrogen-bond donors (Lipinski definition) is 2. The van der Waals surface area contributed by atoms with E-state index in [2.05, 4.69) is 40.1 Å². The molecule has 0 amide bonds. The van der Waals surface area contributed by atoms with E-state index in [0.717, 1.165) is 96.1 Å². The molecule has 2 saturated heterocycles. The standard InChI is InChI=1S/C33H45FN2O3/c34-29-15-13-25(14-16-29)8-7-17-33(39)18-20-35(21-19-33)22-28-23-36(24-30(28)26-9-3-1-4-10-26)31(32(37)38)27-11-5-2-6-12-27/h1,3-4,9-10,13-16,27-28,30-31,39H,2,5-8,11-12,17-24H2,(H,37,38)/t28?,30-,31-/m1/s1. The molecule has 0 aromatic heterocycles. The molecule has 1 unspecified atom stereocenters. The average molecular weight is 537 g/mol. The Hall–Kier alpha value is -2.28. The van der Waals surface area contributed by atoms with Crippen LogP contribution in [0.5, 0.6) is 0 Å². The summed E-state index contributed by atoms with van der Waals surface area (Å²) in [7, 11) is 0.